The molecule has 3 rings (SSSR count). The van der Waals surface area contributed by atoms with Crippen LogP contribution in [0.4, 0.5) is 10.8 Å². The van der Waals surface area contributed by atoms with Gasteiger partial charge >= 0.3 is 0 Å². The zero-order valence-corrected chi connectivity index (χ0v) is 12.3. The van der Waals surface area contributed by atoms with E-state index in [2.05, 4.69) is 42.3 Å². The second-order valence-corrected chi connectivity index (χ2v) is 6.10. The first-order valence-electron chi connectivity index (χ1n) is 6.01. The van der Waals surface area contributed by atoms with Gasteiger partial charge in [-0.25, -0.2) is 4.98 Å². The lowest BCUT2D eigenvalue weighted by molar-refractivity contribution is 1.36. The highest BCUT2D eigenvalue weighted by atomic mass is 35.5. The third-order valence-corrected chi connectivity index (χ3v) is 4.01. The number of nitrogens with one attached hydrogen (secondary N) is 1. The van der Waals surface area contributed by atoms with Crippen LogP contribution >= 0.6 is 22.9 Å². The fourth-order valence-electron chi connectivity index (χ4n) is 2.12. The molecule has 0 unspecified atom stereocenters. The van der Waals surface area contributed by atoms with Gasteiger partial charge in [0.25, 0.3) is 0 Å². The molecule has 0 aliphatic heterocycles. The Kier molecular flexibility index (Phi) is 3.17. The molecule has 1 N–H and O–H groups in total. The summed E-state index contributed by atoms with van der Waals surface area (Å²) < 4.78 is 1.14. The molecule has 0 aliphatic rings. The SMILES string of the molecule is Cc1cc(C)cc(Nc2nc3cc(Cl)ccc3s2)c1. The van der Waals surface area contributed by atoms with Crippen molar-refractivity contribution in [2.45, 2.75) is 13.8 Å². The van der Waals surface area contributed by atoms with Crippen LogP contribution < -0.4 is 5.32 Å². The molecule has 3 aromatic rings. The third kappa shape index (κ3) is 2.72. The van der Waals surface area contributed by atoms with Gasteiger partial charge < -0.3 is 5.32 Å². The molecule has 2 nitrogen and oxygen atoms in total. The van der Waals surface area contributed by atoms with Crippen molar-refractivity contribution in [2.24, 2.45) is 0 Å². The maximum atomic E-state index is 5.97. The van der Waals surface area contributed by atoms with Gasteiger partial charge in [-0.1, -0.05) is 29.0 Å². The number of benzene rings is 2. The highest BCUT2D eigenvalue weighted by Gasteiger charge is 2.05. The van der Waals surface area contributed by atoms with Crippen LogP contribution in [0, 0.1) is 13.8 Å². The van der Waals surface area contributed by atoms with E-state index in [9.17, 15) is 0 Å². The number of aryl methyl sites for hydroxylation is 2. The first-order valence-corrected chi connectivity index (χ1v) is 7.21. The van der Waals surface area contributed by atoms with E-state index >= 15 is 0 Å². The second kappa shape index (κ2) is 4.83. The van der Waals surface area contributed by atoms with Crippen LogP contribution in [-0.4, -0.2) is 4.98 Å². The Morgan fingerprint density at radius 1 is 1.05 bits per heavy atom. The minimum Gasteiger partial charge on any atom is -0.332 e. The molecule has 1 heterocycles. The molecular formula is C15H13ClN2S. The smallest absolute Gasteiger partial charge is 0.188 e. The highest BCUT2D eigenvalue weighted by Crippen LogP contribution is 2.30. The normalized spacial score (nSPS) is 10.9. The van der Waals surface area contributed by atoms with Gasteiger partial charge in [-0.3, -0.25) is 0 Å². The summed E-state index contributed by atoms with van der Waals surface area (Å²) in [5, 5.41) is 4.97. The summed E-state index contributed by atoms with van der Waals surface area (Å²) in [5.74, 6) is 0. The number of nitrogens with zero attached hydrogens (tertiary/aromatic N) is 1. The average molecular weight is 289 g/mol. The van der Waals surface area contributed by atoms with Gasteiger partial charge in [-0.05, 0) is 55.3 Å². The summed E-state index contributed by atoms with van der Waals surface area (Å²) in [6.07, 6.45) is 0. The molecule has 0 fully saturated rings. The van der Waals surface area contributed by atoms with E-state index < -0.39 is 0 Å². The van der Waals surface area contributed by atoms with Crippen molar-refractivity contribution >= 4 is 44.0 Å². The summed E-state index contributed by atoms with van der Waals surface area (Å²) in [6, 6.07) is 12.2. The first kappa shape index (κ1) is 12.5. The summed E-state index contributed by atoms with van der Waals surface area (Å²) >= 11 is 7.61. The lowest BCUT2D eigenvalue weighted by atomic mass is 10.1. The highest BCUT2D eigenvalue weighted by molar-refractivity contribution is 7.22. The van der Waals surface area contributed by atoms with Crippen LogP contribution in [0.5, 0.6) is 0 Å². The average Bonchev–Trinajstić information content (AvgIpc) is 2.68. The van der Waals surface area contributed by atoms with E-state index in [0.29, 0.717) is 0 Å². The standard InChI is InChI=1S/C15H13ClN2S/c1-9-5-10(2)7-12(6-9)17-15-18-13-8-11(16)3-4-14(13)19-15/h3-8H,1-2H3,(H,17,18). The molecule has 19 heavy (non-hydrogen) atoms. The number of anilines is 2. The van der Waals surface area contributed by atoms with E-state index in [4.69, 9.17) is 11.6 Å². The molecule has 0 aliphatic carbocycles. The van der Waals surface area contributed by atoms with Gasteiger partial charge in [0.05, 0.1) is 10.2 Å². The number of hydrogen-bond acceptors (Lipinski definition) is 3. The Hall–Kier alpha value is -1.58. The lowest BCUT2D eigenvalue weighted by Crippen LogP contribution is -1.90. The molecule has 0 spiro atoms. The fourth-order valence-corrected chi connectivity index (χ4v) is 3.16. The van der Waals surface area contributed by atoms with E-state index in [0.717, 1.165) is 26.1 Å². The largest absolute Gasteiger partial charge is 0.332 e. The van der Waals surface area contributed by atoms with Gasteiger partial charge in [0, 0.05) is 10.7 Å². The third-order valence-electron chi connectivity index (χ3n) is 2.82. The predicted octanol–water partition coefficient (Wildman–Crippen LogP) is 5.31. The minimum absolute atomic E-state index is 0.718. The molecule has 0 saturated carbocycles. The van der Waals surface area contributed by atoms with Crippen LogP contribution in [0.2, 0.25) is 5.02 Å². The van der Waals surface area contributed by atoms with E-state index in [1.165, 1.54) is 11.1 Å². The molecule has 0 saturated heterocycles. The van der Waals surface area contributed by atoms with E-state index in [1.54, 1.807) is 11.3 Å². The van der Waals surface area contributed by atoms with Crippen LogP contribution in [0.1, 0.15) is 11.1 Å². The number of aromatic nitrogens is 1. The number of halogens is 1. The van der Waals surface area contributed by atoms with E-state index in [-0.39, 0.29) is 0 Å². The molecule has 0 atom stereocenters. The number of fused-ring (bicyclic) bond motifs is 1. The Balaban J connectivity index is 1.96. The maximum absolute atomic E-state index is 5.97. The number of rotatable bonds is 2. The first-order chi connectivity index (χ1) is 9.10. The van der Waals surface area contributed by atoms with Gasteiger partial charge in [-0.2, -0.15) is 0 Å². The van der Waals surface area contributed by atoms with Crippen molar-refractivity contribution in [3.05, 3.63) is 52.5 Å². The molecule has 0 radical (unpaired) electrons. The van der Waals surface area contributed by atoms with Crippen LogP contribution in [0.3, 0.4) is 0 Å². The van der Waals surface area contributed by atoms with Crippen LogP contribution in [-0.2, 0) is 0 Å². The van der Waals surface area contributed by atoms with Crippen molar-refractivity contribution in [1.82, 2.24) is 4.98 Å². The topological polar surface area (TPSA) is 24.9 Å². The van der Waals surface area contributed by atoms with Crippen LogP contribution in [0.15, 0.2) is 36.4 Å². The Bertz CT molecular complexity index is 729. The lowest BCUT2D eigenvalue weighted by Gasteiger charge is -2.05. The predicted molar refractivity (Wildman–Crippen MR) is 83.8 cm³/mol. The van der Waals surface area contributed by atoms with Crippen molar-refractivity contribution in [3.8, 4) is 0 Å². The Morgan fingerprint density at radius 2 is 1.79 bits per heavy atom. The zero-order chi connectivity index (χ0) is 13.4. The van der Waals surface area contributed by atoms with Gasteiger partial charge in [0.1, 0.15) is 0 Å². The summed E-state index contributed by atoms with van der Waals surface area (Å²) in [4.78, 5) is 4.55. The minimum atomic E-state index is 0.718. The Morgan fingerprint density at radius 3 is 2.53 bits per heavy atom. The van der Waals surface area contributed by atoms with Crippen molar-refractivity contribution in [2.75, 3.05) is 5.32 Å². The summed E-state index contributed by atoms with van der Waals surface area (Å²) in [7, 11) is 0. The molecule has 96 valence electrons. The van der Waals surface area contributed by atoms with E-state index in [1.807, 2.05) is 18.2 Å². The number of hydrogen-bond donors (Lipinski definition) is 1. The van der Waals surface area contributed by atoms with Crippen molar-refractivity contribution in [1.29, 1.82) is 0 Å². The second-order valence-electron chi connectivity index (χ2n) is 4.63. The van der Waals surface area contributed by atoms with Crippen molar-refractivity contribution in [3.63, 3.8) is 0 Å². The number of thiazole rings is 1. The van der Waals surface area contributed by atoms with Gasteiger partial charge in [-0.15, -0.1) is 0 Å². The fraction of sp³-hybridized carbons (Fsp3) is 0.133. The zero-order valence-electron chi connectivity index (χ0n) is 10.7. The molecule has 2 aromatic carbocycles. The molecule has 0 amide bonds. The molecule has 4 heteroatoms. The molecule has 0 bridgehead atoms. The summed E-state index contributed by atoms with van der Waals surface area (Å²) in [5.41, 5.74) is 4.49. The van der Waals surface area contributed by atoms with Gasteiger partial charge in [0.2, 0.25) is 0 Å². The maximum Gasteiger partial charge on any atom is 0.188 e. The molecular weight excluding hydrogens is 276 g/mol. The molecule has 1 aromatic heterocycles. The van der Waals surface area contributed by atoms with Gasteiger partial charge in [0.15, 0.2) is 5.13 Å². The summed E-state index contributed by atoms with van der Waals surface area (Å²) in [6.45, 7) is 4.19. The quantitative estimate of drug-likeness (QED) is 0.691. The van der Waals surface area contributed by atoms with Crippen molar-refractivity contribution < 1.29 is 0 Å². The monoisotopic (exact) mass is 288 g/mol. The van der Waals surface area contributed by atoms with Crippen LogP contribution in [0.25, 0.3) is 10.2 Å². The Labute approximate surface area is 121 Å².